The fraction of sp³-hybridized carbons (Fsp3) is 0.500. The van der Waals surface area contributed by atoms with E-state index in [1.807, 2.05) is 27.7 Å². The summed E-state index contributed by atoms with van der Waals surface area (Å²) in [4.78, 5) is 4.26. The Hall–Kier alpha value is -1.89. The third-order valence-electron chi connectivity index (χ3n) is 3.36. The Morgan fingerprint density at radius 1 is 1.09 bits per heavy atom. The maximum atomic E-state index is 12.7. The van der Waals surface area contributed by atoms with Crippen LogP contribution in [0.15, 0.2) is 24.4 Å². The number of alkyl halides is 3. The third-order valence-corrected chi connectivity index (χ3v) is 3.36. The van der Waals surface area contributed by atoms with Gasteiger partial charge in [-0.1, -0.05) is 13.8 Å². The zero-order valence-electron chi connectivity index (χ0n) is 14.2. The summed E-state index contributed by atoms with van der Waals surface area (Å²) in [7, 11) is 3.05. The van der Waals surface area contributed by atoms with Crippen molar-refractivity contribution in [2.45, 2.75) is 39.5 Å². The van der Waals surface area contributed by atoms with Gasteiger partial charge in [0.1, 0.15) is 5.60 Å². The van der Waals surface area contributed by atoms with Crippen LogP contribution in [0.2, 0.25) is 0 Å². The van der Waals surface area contributed by atoms with Gasteiger partial charge in [-0.15, -0.1) is 0 Å². The van der Waals surface area contributed by atoms with E-state index in [2.05, 4.69) is 10.1 Å². The first-order valence-corrected chi connectivity index (χ1v) is 7.28. The molecule has 23 heavy (non-hydrogen) atoms. The van der Waals surface area contributed by atoms with Crippen molar-refractivity contribution in [2.75, 3.05) is 7.11 Å². The minimum absolute atomic E-state index is 0.358. The highest BCUT2D eigenvalue weighted by Crippen LogP contribution is 2.31. The van der Waals surface area contributed by atoms with Crippen LogP contribution in [0.25, 0.3) is 11.3 Å². The van der Waals surface area contributed by atoms with Gasteiger partial charge in [0, 0.05) is 25.9 Å². The van der Waals surface area contributed by atoms with E-state index in [1.165, 1.54) is 17.9 Å². The number of nitrogens with zero attached hydrogens (tertiary/aromatic N) is 3. The van der Waals surface area contributed by atoms with Crippen molar-refractivity contribution in [3.05, 3.63) is 35.8 Å². The molecule has 2 aromatic rings. The highest BCUT2D eigenvalue weighted by Gasteiger charge is 2.34. The Bertz CT molecular complexity index is 631. The molecular formula is C16H22F3N3O. The summed E-state index contributed by atoms with van der Waals surface area (Å²) in [5, 5.41) is 3.48. The summed E-state index contributed by atoms with van der Waals surface area (Å²) in [6, 6.07) is 4.46. The first-order valence-electron chi connectivity index (χ1n) is 7.28. The SMILES string of the molecule is CC.COC(C)(C)c1ccc(-c2cc(C(F)(F)F)nn2C)cn1. The Kier molecular flexibility index (Phi) is 5.93. The smallest absolute Gasteiger partial charge is 0.373 e. The van der Waals surface area contributed by atoms with Gasteiger partial charge in [-0.3, -0.25) is 9.67 Å². The van der Waals surface area contributed by atoms with Gasteiger partial charge in [0.05, 0.1) is 11.4 Å². The van der Waals surface area contributed by atoms with Gasteiger partial charge in [-0.2, -0.15) is 18.3 Å². The van der Waals surface area contributed by atoms with Crippen LogP contribution in [0.1, 0.15) is 39.1 Å². The lowest BCUT2D eigenvalue weighted by Gasteiger charge is -2.22. The lowest BCUT2D eigenvalue weighted by molar-refractivity contribution is -0.141. The Morgan fingerprint density at radius 2 is 1.70 bits per heavy atom. The van der Waals surface area contributed by atoms with Crippen molar-refractivity contribution in [1.29, 1.82) is 0 Å². The Balaban J connectivity index is 0.00000127. The molecule has 0 spiro atoms. The molecule has 2 rings (SSSR count). The predicted octanol–water partition coefficient (Wildman–Crippen LogP) is 4.41. The first kappa shape index (κ1) is 19.2. The molecule has 128 valence electrons. The first-order chi connectivity index (χ1) is 10.6. The fourth-order valence-corrected chi connectivity index (χ4v) is 1.88. The Morgan fingerprint density at radius 3 is 2.09 bits per heavy atom. The molecule has 0 aromatic carbocycles. The Labute approximate surface area is 134 Å². The van der Waals surface area contributed by atoms with Gasteiger partial charge in [0.15, 0.2) is 5.69 Å². The summed E-state index contributed by atoms with van der Waals surface area (Å²) in [5.41, 5.74) is 0.156. The number of ether oxygens (including phenoxy) is 1. The van der Waals surface area contributed by atoms with Crippen LogP contribution < -0.4 is 0 Å². The summed E-state index contributed by atoms with van der Waals surface area (Å²) in [6.07, 6.45) is -2.94. The number of rotatable bonds is 3. The summed E-state index contributed by atoms with van der Waals surface area (Å²) < 4.78 is 44.5. The van der Waals surface area contributed by atoms with Crippen molar-refractivity contribution < 1.29 is 17.9 Å². The minimum atomic E-state index is -4.46. The van der Waals surface area contributed by atoms with E-state index in [9.17, 15) is 13.2 Å². The van der Waals surface area contributed by atoms with Crippen molar-refractivity contribution in [1.82, 2.24) is 14.8 Å². The zero-order chi connectivity index (χ0) is 17.8. The number of pyridine rings is 1. The molecule has 0 bridgehead atoms. The van der Waals surface area contributed by atoms with Crippen molar-refractivity contribution in [2.24, 2.45) is 7.05 Å². The maximum absolute atomic E-state index is 12.7. The highest BCUT2D eigenvalue weighted by atomic mass is 19.4. The average molecular weight is 329 g/mol. The monoisotopic (exact) mass is 329 g/mol. The van der Waals surface area contributed by atoms with Gasteiger partial charge >= 0.3 is 6.18 Å². The van der Waals surface area contributed by atoms with E-state index in [0.717, 1.165) is 6.07 Å². The van der Waals surface area contributed by atoms with E-state index in [4.69, 9.17) is 4.74 Å². The molecule has 2 aromatic heterocycles. The number of hydrogen-bond donors (Lipinski definition) is 0. The van der Waals surface area contributed by atoms with E-state index in [-0.39, 0.29) is 0 Å². The number of hydrogen-bond acceptors (Lipinski definition) is 3. The normalized spacial score (nSPS) is 11.9. The number of halogens is 3. The van der Waals surface area contributed by atoms with E-state index in [1.54, 1.807) is 19.2 Å². The maximum Gasteiger partial charge on any atom is 0.435 e. The molecule has 4 nitrogen and oxygen atoms in total. The number of methoxy groups -OCH3 is 1. The summed E-state index contributed by atoms with van der Waals surface area (Å²) in [6.45, 7) is 7.72. The van der Waals surface area contributed by atoms with Gasteiger partial charge in [0.2, 0.25) is 0 Å². The topological polar surface area (TPSA) is 39.9 Å². The number of aryl methyl sites for hydroxylation is 1. The average Bonchev–Trinajstić information content (AvgIpc) is 2.91. The van der Waals surface area contributed by atoms with Crippen molar-refractivity contribution >= 4 is 0 Å². The number of aromatic nitrogens is 3. The predicted molar refractivity (Wildman–Crippen MR) is 82.8 cm³/mol. The second-order valence-corrected chi connectivity index (χ2v) is 5.18. The molecular weight excluding hydrogens is 307 g/mol. The molecule has 0 aliphatic heterocycles. The summed E-state index contributed by atoms with van der Waals surface area (Å²) in [5.74, 6) is 0. The molecule has 0 atom stereocenters. The molecule has 0 aliphatic rings. The van der Waals surface area contributed by atoms with Crippen LogP contribution in [0, 0.1) is 0 Å². The second-order valence-electron chi connectivity index (χ2n) is 5.18. The molecule has 7 heteroatoms. The second kappa shape index (κ2) is 7.12. The highest BCUT2D eigenvalue weighted by molar-refractivity contribution is 5.59. The van der Waals surface area contributed by atoms with Gasteiger partial charge in [0.25, 0.3) is 0 Å². The zero-order valence-corrected chi connectivity index (χ0v) is 14.2. The lowest BCUT2D eigenvalue weighted by atomic mass is 10.0. The molecule has 0 saturated carbocycles. The largest absolute Gasteiger partial charge is 0.435 e. The van der Waals surface area contributed by atoms with Crippen LogP contribution in [0.3, 0.4) is 0 Å². The molecule has 0 aliphatic carbocycles. The van der Waals surface area contributed by atoms with Crippen LogP contribution >= 0.6 is 0 Å². The molecule has 0 N–H and O–H groups in total. The molecule has 0 unspecified atom stereocenters. The van der Waals surface area contributed by atoms with E-state index in [0.29, 0.717) is 17.0 Å². The standard InChI is InChI=1S/C14H16F3N3O.C2H6/c1-13(2,21-4)11-6-5-9(8-18-11)10-7-12(14(15,16)17)19-20(10)3;1-2/h5-8H,1-4H3;1-2H3. The van der Waals surface area contributed by atoms with Gasteiger partial charge < -0.3 is 4.74 Å². The van der Waals surface area contributed by atoms with E-state index < -0.39 is 17.5 Å². The van der Waals surface area contributed by atoms with Crippen LogP contribution in [0.4, 0.5) is 13.2 Å². The molecule has 0 saturated heterocycles. The van der Waals surface area contributed by atoms with Crippen molar-refractivity contribution in [3.8, 4) is 11.3 Å². The quantitative estimate of drug-likeness (QED) is 0.837. The minimum Gasteiger partial charge on any atom is -0.373 e. The molecule has 0 fully saturated rings. The lowest BCUT2D eigenvalue weighted by Crippen LogP contribution is -2.20. The van der Waals surface area contributed by atoms with Crippen LogP contribution in [0.5, 0.6) is 0 Å². The van der Waals surface area contributed by atoms with Gasteiger partial charge in [-0.25, -0.2) is 0 Å². The van der Waals surface area contributed by atoms with Crippen LogP contribution in [-0.4, -0.2) is 21.9 Å². The molecule has 2 heterocycles. The molecule has 0 radical (unpaired) electrons. The van der Waals surface area contributed by atoms with Crippen molar-refractivity contribution in [3.63, 3.8) is 0 Å². The van der Waals surface area contributed by atoms with Gasteiger partial charge in [-0.05, 0) is 32.0 Å². The summed E-state index contributed by atoms with van der Waals surface area (Å²) >= 11 is 0. The van der Waals surface area contributed by atoms with Crippen LogP contribution in [-0.2, 0) is 23.6 Å². The fourth-order valence-electron chi connectivity index (χ4n) is 1.88. The molecule has 0 amide bonds. The van der Waals surface area contributed by atoms with E-state index >= 15 is 0 Å². The third kappa shape index (κ3) is 4.31.